The second-order valence-electron chi connectivity index (χ2n) is 5.24. The van der Waals surface area contributed by atoms with Crippen LogP contribution >= 0.6 is 11.6 Å². The normalized spacial score (nSPS) is 12.7. The molecule has 0 aliphatic heterocycles. The first kappa shape index (κ1) is 16.6. The van der Waals surface area contributed by atoms with E-state index in [-0.39, 0.29) is 0 Å². The SMILES string of the molecule is CCN(CC)/N=C/CC(C)Nc1ccnc2cc(Cl)ccc12. The Kier molecular flexibility index (Phi) is 6.01. The molecule has 0 saturated heterocycles. The Hall–Kier alpha value is -1.81. The van der Waals surface area contributed by atoms with Crippen molar-refractivity contribution in [3.05, 3.63) is 35.5 Å². The molecule has 1 atom stereocenters. The summed E-state index contributed by atoms with van der Waals surface area (Å²) >= 11 is 6.02. The molecule has 118 valence electrons. The molecule has 1 heterocycles. The number of benzene rings is 1. The molecule has 5 heteroatoms. The second kappa shape index (κ2) is 7.99. The number of aromatic nitrogens is 1. The van der Waals surface area contributed by atoms with Crippen molar-refractivity contribution in [2.45, 2.75) is 33.2 Å². The monoisotopic (exact) mass is 318 g/mol. The van der Waals surface area contributed by atoms with Crippen molar-refractivity contribution in [1.29, 1.82) is 0 Å². The number of anilines is 1. The van der Waals surface area contributed by atoms with Crippen LogP contribution in [0.3, 0.4) is 0 Å². The Morgan fingerprint density at radius 2 is 2.09 bits per heavy atom. The standard InChI is InChI=1S/C17H23ClN4/c1-4-22(5-2)20-11-8-13(3)21-16-9-10-19-17-12-14(18)6-7-15(16)17/h6-7,9-13H,4-5,8H2,1-3H3,(H,19,21)/b20-11+. The lowest BCUT2D eigenvalue weighted by Crippen LogP contribution is -2.19. The third-order valence-corrected chi connectivity index (χ3v) is 3.78. The van der Waals surface area contributed by atoms with Crippen LogP contribution in [0.15, 0.2) is 35.6 Å². The van der Waals surface area contributed by atoms with Crippen molar-refractivity contribution in [1.82, 2.24) is 9.99 Å². The first-order valence-electron chi connectivity index (χ1n) is 7.72. The van der Waals surface area contributed by atoms with Crippen LogP contribution < -0.4 is 5.32 Å². The van der Waals surface area contributed by atoms with Gasteiger partial charge in [0.2, 0.25) is 0 Å². The summed E-state index contributed by atoms with van der Waals surface area (Å²) < 4.78 is 0. The lowest BCUT2D eigenvalue weighted by Gasteiger charge is -2.16. The summed E-state index contributed by atoms with van der Waals surface area (Å²) in [4.78, 5) is 4.36. The highest BCUT2D eigenvalue weighted by atomic mass is 35.5. The van der Waals surface area contributed by atoms with Crippen molar-refractivity contribution < 1.29 is 0 Å². The summed E-state index contributed by atoms with van der Waals surface area (Å²) in [6.07, 6.45) is 4.65. The van der Waals surface area contributed by atoms with Gasteiger partial charge in [-0.1, -0.05) is 11.6 Å². The fourth-order valence-corrected chi connectivity index (χ4v) is 2.45. The molecule has 0 radical (unpaired) electrons. The van der Waals surface area contributed by atoms with E-state index in [1.807, 2.05) is 35.5 Å². The highest BCUT2D eigenvalue weighted by molar-refractivity contribution is 6.31. The largest absolute Gasteiger partial charge is 0.382 e. The van der Waals surface area contributed by atoms with Crippen molar-refractivity contribution in [2.75, 3.05) is 18.4 Å². The molecule has 0 amide bonds. The smallest absolute Gasteiger partial charge is 0.0737 e. The van der Waals surface area contributed by atoms with Gasteiger partial charge in [-0.25, -0.2) is 0 Å². The predicted octanol–water partition coefficient (Wildman–Crippen LogP) is 4.41. The minimum Gasteiger partial charge on any atom is -0.382 e. The van der Waals surface area contributed by atoms with Crippen LogP contribution in [0.25, 0.3) is 10.9 Å². The minimum atomic E-state index is 0.292. The Morgan fingerprint density at radius 3 is 2.82 bits per heavy atom. The summed E-state index contributed by atoms with van der Waals surface area (Å²) in [5.41, 5.74) is 1.98. The number of rotatable bonds is 7. The van der Waals surface area contributed by atoms with Crippen LogP contribution in [0.1, 0.15) is 27.2 Å². The van der Waals surface area contributed by atoms with E-state index in [9.17, 15) is 0 Å². The summed E-state index contributed by atoms with van der Waals surface area (Å²) in [6.45, 7) is 8.24. The van der Waals surface area contributed by atoms with Gasteiger partial charge in [0.15, 0.2) is 0 Å². The van der Waals surface area contributed by atoms with Crippen LogP contribution in [-0.4, -0.2) is 35.3 Å². The van der Waals surface area contributed by atoms with Crippen LogP contribution in [-0.2, 0) is 0 Å². The van der Waals surface area contributed by atoms with Gasteiger partial charge in [-0.15, -0.1) is 0 Å². The van der Waals surface area contributed by atoms with Gasteiger partial charge in [-0.05, 0) is 45.0 Å². The van der Waals surface area contributed by atoms with Gasteiger partial charge in [0.05, 0.1) is 5.52 Å². The molecule has 1 N–H and O–H groups in total. The summed E-state index contributed by atoms with van der Waals surface area (Å²) in [6, 6.07) is 8.07. The zero-order chi connectivity index (χ0) is 15.9. The van der Waals surface area contributed by atoms with E-state index in [2.05, 4.69) is 36.2 Å². The first-order valence-corrected chi connectivity index (χ1v) is 8.10. The number of hydrogen-bond donors (Lipinski definition) is 1. The fourth-order valence-electron chi connectivity index (χ4n) is 2.28. The molecule has 0 saturated carbocycles. The predicted molar refractivity (Wildman–Crippen MR) is 95.9 cm³/mol. The molecule has 0 aliphatic carbocycles. The average Bonchev–Trinajstić information content (AvgIpc) is 2.51. The highest BCUT2D eigenvalue weighted by Gasteiger charge is 2.06. The maximum atomic E-state index is 6.02. The molecule has 1 unspecified atom stereocenters. The van der Waals surface area contributed by atoms with E-state index >= 15 is 0 Å². The van der Waals surface area contributed by atoms with Gasteiger partial charge < -0.3 is 5.32 Å². The number of fused-ring (bicyclic) bond motifs is 1. The third kappa shape index (κ3) is 4.34. The molecule has 0 fully saturated rings. The van der Waals surface area contributed by atoms with Gasteiger partial charge in [-0.3, -0.25) is 9.99 Å². The number of hydrazone groups is 1. The molecule has 2 rings (SSSR count). The quantitative estimate of drug-likeness (QED) is 0.607. The van der Waals surface area contributed by atoms with Gasteiger partial charge >= 0.3 is 0 Å². The van der Waals surface area contributed by atoms with Crippen LogP contribution in [0.2, 0.25) is 5.02 Å². The molecule has 22 heavy (non-hydrogen) atoms. The molecule has 0 aliphatic rings. The van der Waals surface area contributed by atoms with Crippen molar-refractivity contribution in [3.63, 3.8) is 0 Å². The van der Waals surface area contributed by atoms with Crippen molar-refractivity contribution in [3.8, 4) is 0 Å². The number of hydrogen-bond acceptors (Lipinski definition) is 4. The van der Waals surface area contributed by atoms with E-state index in [0.717, 1.165) is 36.1 Å². The Morgan fingerprint density at radius 1 is 1.32 bits per heavy atom. The average molecular weight is 319 g/mol. The lowest BCUT2D eigenvalue weighted by molar-refractivity contribution is 0.322. The van der Waals surface area contributed by atoms with E-state index in [0.29, 0.717) is 11.1 Å². The molecule has 0 spiro atoms. The van der Waals surface area contributed by atoms with Gasteiger partial charge in [-0.2, -0.15) is 5.10 Å². The van der Waals surface area contributed by atoms with Gasteiger partial charge in [0, 0.05) is 54.1 Å². The number of nitrogens with one attached hydrogen (secondary N) is 1. The number of nitrogens with zero attached hydrogens (tertiary/aromatic N) is 3. The lowest BCUT2D eigenvalue weighted by atomic mass is 10.1. The summed E-state index contributed by atoms with van der Waals surface area (Å²) in [5, 5.41) is 11.8. The molecular weight excluding hydrogens is 296 g/mol. The molecule has 2 aromatic rings. The van der Waals surface area contributed by atoms with Crippen LogP contribution in [0.5, 0.6) is 0 Å². The Bertz CT molecular complexity index is 638. The topological polar surface area (TPSA) is 40.5 Å². The van der Waals surface area contributed by atoms with Crippen LogP contribution in [0.4, 0.5) is 5.69 Å². The number of halogens is 1. The first-order chi connectivity index (χ1) is 10.6. The van der Waals surface area contributed by atoms with E-state index < -0.39 is 0 Å². The fraction of sp³-hybridized carbons (Fsp3) is 0.412. The molecule has 1 aromatic carbocycles. The molecule has 4 nitrogen and oxygen atoms in total. The van der Waals surface area contributed by atoms with E-state index in [1.165, 1.54) is 0 Å². The number of pyridine rings is 1. The van der Waals surface area contributed by atoms with Crippen LogP contribution in [0, 0.1) is 0 Å². The third-order valence-electron chi connectivity index (χ3n) is 3.54. The second-order valence-corrected chi connectivity index (χ2v) is 5.67. The minimum absolute atomic E-state index is 0.292. The highest BCUT2D eigenvalue weighted by Crippen LogP contribution is 2.25. The van der Waals surface area contributed by atoms with E-state index in [4.69, 9.17) is 11.6 Å². The summed E-state index contributed by atoms with van der Waals surface area (Å²) in [7, 11) is 0. The maximum absolute atomic E-state index is 6.02. The molecular formula is C17H23ClN4. The maximum Gasteiger partial charge on any atom is 0.0737 e. The van der Waals surface area contributed by atoms with Gasteiger partial charge in [0.1, 0.15) is 0 Å². The summed E-state index contributed by atoms with van der Waals surface area (Å²) in [5.74, 6) is 0. The molecule has 1 aromatic heterocycles. The van der Waals surface area contributed by atoms with Crippen molar-refractivity contribution >= 4 is 34.4 Å². The zero-order valence-corrected chi connectivity index (χ0v) is 14.1. The van der Waals surface area contributed by atoms with E-state index in [1.54, 1.807) is 6.20 Å². The molecule has 0 bridgehead atoms. The van der Waals surface area contributed by atoms with Crippen molar-refractivity contribution in [2.24, 2.45) is 5.10 Å². The van der Waals surface area contributed by atoms with Gasteiger partial charge in [0.25, 0.3) is 0 Å². The zero-order valence-electron chi connectivity index (χ0n) is 13.4. The Labute approximate surface area is 137 Å². The Balaban J connectivity index is 2.04.